The Labute approximate surface area is 105 Å². The lowest BCUT2D eigenvalue weighted by atomic mass is 9.98. The Morgan fingerprint density at radius 2 is 1.88 bits per heavy atom. The molecule has 3 heteroatoms. The zero-order chi connectivity index (χ0) is 12.3. The second kappa shape index (κ2) is 5.30. The zero-order valence-electron chi connectivity index (χ0n) is 9.45. The van der Waals surface area contributed by atoms with E-state index in [9.17, 15) is 4.39 Å². The quantitative estimate of drug-likeness (QED) is 0.873. The van der Waals surface area contributed by atoms with Gasteiger partial charge >= 0.3 is 0 Å². The van der Waals surface area contributed by atoms with Crippen molar-refractivity contribution in [3.05, 3.63) is 70.5 Å². The first-order valence-electron chi connectivity index (χ1n) is 5.39. The normalized spacial score (nSPS) is 12.4. The molecule has 0 aliphatic rings. The van der Waals surface area contributed by atoms with Gasteiger partial charge in [0, 0.05) is 10.6 Å². The van der Waals surface area contributed by atoms with E-state index in [2.05, 4.69) is 5.32 Å². The molecule has 0 saturated carbocycles. The van der Waals surface area contributed by atoms with Gasteiger partial charge in [-0.2, -0.15) is 0 Å². The lowest BCUT2D eigenvalue weighted by Gasteiger charge is -2.18. The van der Waals surface area contributed by atoms with Gasteiger partial charge in [-0.25, -0.2) is 4.39 Å². The summed E-state index contributed by atoms with van der Waals surface area (Å²) in [6.45, 7) is 0. The van der Waals surface area contributed by atoms with E-state index in [4.69, 9.17) is 11.6 Å². The molecule has 0 spiro atoms. The van der Waals surface area contributed by atoms with Gasteiger partial charge in [0.1, 0.15) is 5.82 Å². The van der Waals surface area contributed by atoms with Gasteiger partial charge < -0.3 is 5.32 Å². The van der Waals surface area contributed by atoms with Crippen molar-refractivity contribution in [3.8, 4) is 0 Å². The average molecular weight is 250 g/mol. The van der Waals surface area contributed by atoms with Crippen LogP contribution in [0.2, 0.25) is 5.02 Å². The molecule has 0 aromatic heterocycles. The molecule has 1 unspecified atom stereocenters. The lowest BCUT2D eigenvalue weighted by molar-refractivity contribution is 0.576. The number of halogens is 2. The predicted molar refractivity (Wildman–Crippen MR) is 68.8 cm³/mol. The number of nitrogens with one attached hydrogen (secondary N) is 1. The standard InChI is InChI=1S/C14H13ClFN/c1-17-14(10-5-4-6-11(15)9-10)12-7-2-3-8-13(12)16/h2-9,14,17H,1H3. The van der Waals surface area contributed by atoms with Crippen LogP contribution in [-0.2, 0) is 0 Å². The Kier molecular flexibility index (Phi) is 3.77. The van der Waals surface area contributed by atoms with Gasteiger partial charge in [0.05, 0.1) is 6.04 Å². The van der Waals surface area contributed by atoms with Crippen molar-refractivity contribution in [2.24, 2.45) is 0 Å². The molecule has 1 nitrogen and oxygen atoms in total. The van der Waals surface area contributed by atoms with Crippen LogP contribution in [0.25, 0.3) is 0 Å². The van der Waals surface area contributed by atoms with E-state index in [0.29, 0.717) is 10.6 Å². The molecule has 2 aromatic rings. The molecule has 0 heterocycles. The van der Waals surface area contributed by atoms with Crippen molar-refractivity contribution in [1.82, 2.24) is 5.32 Å². The Morgan fingerprint density at radius 1 is 1.12 bits per heavy atom. The number of rotatable bonds is 3. The van der Waals surface area contributed by atoms with Crippen molar-refractivity contribution in [2.45, 2.75) is 6.04 Å². The maximum atomic E-state index is 13.7. The highest BCUT2D eigenvalue weighted by atomic mass is 35.5. The molecular weight excluding hydrogens is 237 g/mol. The monoisotopic (exact) mass is 249 g/mol. The van der Waals surface area contributed by atoms with E-state index in [0.717, 1.165) is 5.56 Å². The number of hydrogen-bond acceptors (Lipinski definition) is 1. The van der Waals surface area contributed by atoms with Gasteiger partial charge in [0.15, 0.2) is 0 Å². The van der Waals surface area contributed by atoms with Crippen molar-refractivity contribution in [1.29, 1.82) is 0 Å². The molecular formula is C14H13ClFN. The Morgan fingerprint density at radius 3 is 2.53 bits per heavy atom. The average Bonchev–Trinajstić information content (AvgIpc) is 2.33. The van der Waals surface area contributed by atoms with E-state index in [-0.39, 0.29) is 11.9 Å². The predicted octanol–water partition coefficient (Wildman–Crippen LogP) is 3.79. The summed E-state index contributed by atoms with van der Waals surface area (Å²) in [5.74, 6) is -0.216. The fraction of sp³-hybridized carbons (Fsp3) is 0.143. The molecule has 1 N–H and O–H groups in total. The van der Waals surface area contributed by atoms with E-state index < -0.39 is 0 Å². The van der Waals surface area contributed by atoms with Gasteiger partial charge in [-0.3, -0.25) is 0 Å². The molecule has 0 bridgehead atoms. The summed E-state index contributed by atoms with van der Waals surface area (Å²) in [6.07, 6.45) is 0. The second-order valence-corrected chi connectivity index (χ2v) is 4.23. The summed E-state index contributed by atoms with van der Waals surface area (Å²) >= 11 is 5.95. The maximum Gasteiger partial charge on any atom is 0.128 e. The van der Waals surface area contributed by atoms with Crippen LogP contribution in [0.15, 0.2) is 48.5 Å². The minimum atomic E-state index is -0.216. The second-order valence-electron chi connectivity index (χ2n) is 3.80. The fourth-order valence-corrected chi connectivity index (χ4v) is 2.10. The third kappa shape index (κ3) is 2.65. The molecule has 0 aliphatic carbocycles. The van der Waals surface area contributed by atoms with Crippen molar-refractivity contribution < 1.29 is 4.39 Å². The summed E-state index contributed by atoms with van der Waals surface area (Å²) < 4.78 is 13.7. The topological polar surface area (TPSA) is 12.0 Å². The molecule has 88 valence electrons. The van der Waals surface area contributed by atoms with Crippen LogP contribution >= 0.6 is 11.6 Å². The third-order valence-electron chi connectivity index (χ3n) is 2.69. The van der Waals surface area contributed by atoms with Gasteiger partial charge in [0.25, 0.3) is 0 Å². The highest BCUT2D eigenvalue weighted by molar-refractivity contribution is 6.30. The molecule has 2 rings (SSSR count). The van der Waals surface area contributed by atoms with Gasteiger partial charge in [0.2, 0.25) is 0 Å². The molecule has 1 atom stereocenters. The highest BCUT2D eigenvalue weighted by Gasteiger charge is 2.15. The van der Waals surface area contributed by atoms with Crippen molar-refractivity contribution >= 4 is 11.6 Å². The van der Waals surface area contributed by atoms with Crippen LogP contribution in [-0.4, -0.2) is 7.05 Å². The van der Waals surface area contributed by atoms with Gasteiger partial charge in [-0.1, -0.05) is 41.9 Å². The Bertz CT molecular complexity index is 513. The van der Waals surface area contributed by atoms with Crippen LogP contribution in [0.1, 0.15) is 17.2 Å². The van der Waals surface area contributed by atoms with Crippen LogP contribution in [0.3, 0.4) is 0 Å². The van der Waals surface area contributed by atoms with E-state index in [1.54, 1.807) is 25.2 Å². The molecule has 0 aliphatic heterocycles. The largest absolute Gasteiger partial charge is 0.309 e. The van der Waals surface area contributed by atoms with Crippen molar-refractivity contribution in [2.75, 3.05) is 7.05 Å². The van der Waals surface area contributed by atoms with Crippen LogP contribution < -0.4 is 5.32 Å². The molecule has 0 radical (unpaired) electrons. The first kappa shape index (κ1) is 12.1. The van der Waals surface area contributed by atoms with E-state index in [1.807, 2.05) is 24.3 Å². The fourth-order valence-electron chi connectivity index (χ4n) is 1.90. The lowest BCUT2D eigenvalue weighted by Crippen LogP contribution is -2.18. The maximum absolute atomic E-state index is 13.7. The molecule has 2 aromatic carbocycles. The highest BCUT2D eigenvalue weighted by Crippen LogP contribution is 2.25. The summed E-state index contributed by atoms with van der Waals surface area (Å²) in [7, 11) is 1.80. The first-order valence-corrected chi connectivity index (χ1v) is 5.77. The SMILES string of the molecule is CNC(c1cccc(Cl)c1)c1ccccc1F. The Balaban J connectivity index is 2.44. The van der Waals surface area contributed by atoms with E-state index in [1.165, 1.54) is 6.07 Å². The number of hydrogen-bond donors (Lipinski definition) is 1. The van der Waals surface area contributed by atoms with E-state index >= 15 is 0 Å². The van der Waals surface area contributed by atoms with Gasteiger partial charge in [-0.15, -0.1) is 0 Å². The third-order valence-corrected chi connectivity index (χ3v) is 2.92. The minimum absolute atomic E-state index is 0.185. The van der Waals surface area contributed by atoms with Crippen LogP contribution in [0, 0.1) is 5.82 Å². The summed E-state index contributed by atoms with van der Waals surface area (Å²) in [5.41, 5.74) is 1.57. The Hall–Kier alpha value is -1.38. The molecule has 0 saturated heterocycles. The minimum Gasteiger partial charge on any atom is -0.309 e. The first-order chi connectivity index (χ1) is 8.22. The van der Waals surface area contributed by atoms with Crippen LogP contribution in [0.5, 0.6) is 0 Å². The molecule has 0 fully saturated rings. The summed E-state index contributed by atoms with van der Waals surface area (Å²) in [5, 5.41) is 3.76. The number of benzene rings is 2. The molecule has 0 amide bonds. The molecule has 17 heavy (non-hydrogen) atoms. The summed E-state index contributed by atoms with van der Waals surface area (Å²) in [4.78, 5) is 0. The van der Waals surface area contributed by atoms with Crippen LogP contribution in [0.4, 0.5) is 4.39 Å². The van der Waals surface area contributed by atoms with Crippen molar-refractivity contribution in [3.63, 3.8) is 0 Å². The zero-order valence-corrected chi connectivity index (χ0v) is 10.2. The van der Waals surface area contributed by atoms with Gasteiger partial charge in [-0.05, 0) is 30.8 Å². The smallest absolute Gasteiger partial charge is 0.128 e. The summed E-state index contributed by atoms with van der Waals surface area (Å²) in [6, 6.07) is 14.0.